The Morgan fingerprint density at radius 3 is 2.52 bits per heavy atom. The van der Waals surface area contributed by atoms with Crippen molar-refractivity contribution in [3.05, 3.63) is 65.0 Å². The van der Waals surface area contributed by atoms with Gasteiger partial charge in [0.05, 0.1) is 0 Å². The van der Waals surface area contributed by atoms with Crippen molar-refractivity contribution < 1.29 is 9.13 Å². The van der Waals surface area contributed by atoms with Gasteiger partial charge in [0.2, 0.25) is 0 Å². The van der Waals surface area contributed by atoms with Crippen LogP contribution in [-0.4, -0.2) is 31.1 Å². The summed E-state index contributed by atoms with van der Waals surface area (Å²) in [4.78, 5) is 2.34. The Labute approximate surface area is 137 Å². The summed E-state index contributed by atoms with van der Waals surface area (Å²) in [5.74, 6) is 0.0870. The average molecular weight is 314 g/mol. The van der Waals surface area contributed by atoms with E-state index in [4.69, 9.17) is 4.74 Å². The maximum Gasteiger partial charge on any atom is 0.165 e. The molecular weight excluding hydrogens is 291 g/mol. The second-order valence-electron chi connectivity index (χ2n) is 6.02. The van der Waals surface area contributed by atoms with Gasteiger partial charge in [0.1, 0.15) is 6.61 Å². The van der Waals surface area contributed by atoms with Crippen molar-refractivity contribution in [1.29, 1.82) is 0 Å². The zero-order chi connectivity index (χ0) is 16.1. The van der Waals surface area contributed by atoms with Crippen molar-refractivity contribution in [2.24, 2.45) is 0 Å². The minimum atomic E-state index is -0.272. The molecular formula is C19H23FN2O. The van der Waals surface area contributed by atoms with Gasteiger partial charge in [-0.1, -0.05) is 36.4 Å². The normalized spacial score (nSPS) is 15.6. The average Bonchev–Trinajstić information content (AvgIpc) is 2.56. The van der Waals surface area contributed by atoms with E-state index in [1.54, 1.807) is 6.07 Å². The summed E-state index contributed by atoms with van der Waals surface area (Å²) in [5.41, 5.74) is 2.90. The van der Waals surface area contributed by atoms with Gasteiger partial charge in [-0.15, -0.1) is 0 Å². The molecule has 0 radical (unpaired) electrons. The fraction of sp³-hybridized carbons (Fsp3) is 0.368. The molecule has 0 spiro atoms. The highest BCUT2D eigenvalue weighted by Gasteiger charge is 2.14. The molecule has 1 fully saturated rings. The second-order valence-corrected chi connectivity index (χ2v) is 6.02. The van der Waals surface area contributed by atoms with Gasteiger partial charge in [0.15, 0.2) is 11.6 Å². The third-order valence-electron chi connectivity index (χ3n) is 4.13. The van der Waals surface area contributed by atoms with Crippen molar-refractivity contribution >= 4 is 0 Å². The van der Waals surface area contributed by atoms with Crippen LogP contribution in [0.15, 0.2) is 42.5 Å². The molecule has 0 aromatic heterocycles. The van der Waals surface area contributed by atoms with Gasteiger partial charge < -0.3 is 10.1 Å². The summed E-state index contributed by atoms with van der Waals surface area (Å²) in [6.45, 7) is 7.10. The molecule has 1 aliphatic rings. The lowest BCUT2D eigenvalue weighted by Gasteiger charge is -2.27. The van der Waals surface area contributed by atoms with Crippen LogP contribution in [0.5, 0.6) is 5.75 Å². The number of piperazine rings is 1. The number of nitrogens with one attached hydrogen (secondary N) is 1. The zero-order valence-electron chi connectivity index (χ0n) is 13.5. The molecule has 0 amide bonds. The first kappa shape index (κ1) is 16.0. The van der Waals surface area contributed by atoms with E-state index in [2.05, 4.69) is 10.2 Å². The monoisotopic (exact) mass is 314 g/mol. The SMILES string of the molecule is Cc1cc(CN2CCNCC2)cc(F)c1OCc1ccccc1. The van der Waals surface area contributed by atoms with Gasteiger partial charge in [0, 0.05) is 32.7 Å². The predicted octanol–water partition coefficient (Wildman–Crippen LogP) is 3.12. The molecule has 122 valence electrons. The highest BCUT2D eigenvalue weighted by molar-refractivity contribution is 5.38. The van der Waals surface area contributed by atoms with Crippen LogP contribution in [0.25, 0.3) is 0 Å². The number of aryl methyl sites for hydroxylation is 1. The van der Waals surface area contributed by atoms with Crippen molar-refractivity contribution in [2.75, 3.05) is 26.2 Å². The van der Waals surface area contributed by atoms with E-state index in [0.717, 1.165) is 49.4 Å². The molecule has 0 saturated carbocycles. The lowest BCUT2D eigenvalue weighted by atomic mass is 10.1. The molecule has 0 aliphatic carbocycles. The molecule has 2 aromatic rings. The summed E-state index contributed by atoms with van der Waals surface area (Å²) in [6, 6.07) is 13.5. The van der Waals surface area contributed by atoms with E-state index in [1.807, 2.05) is 43.3 Å². The van der Waals surface area contributed by atoms with E-state index < -0.39 is 0 Å². The number of halogens is 1. The molecule has 1 aliphatic heterocycles. The third kappa shape index (κ3) is 4.30. The van der Waals surface area contributed by atoms with Crippen LogP contribution in [-0.2, 0) is 13.2 Å². The van der Waals surface area contributed by atoms with E-state index >= 15 is 0 Å². The second kappa shape index (κ2) is 7.57. The van der Waals surface area contributed by atoms with Crippen LogP contribution >= 0.6 is 0 Å². The maximum atomic E-state index is 14.4. The zero-order valence-corrected chi connectivity index (χ0v) is 13.5. The number of ether oxygens (including phenoxy) is 1. The highest BCUT2D eigenvalue weighted by atomic mass is 19.1. The van der Waals surface area contributed by atoms with Gasteiger partial charge in [-0.05, 0) is 29.7 Å². The first-order valence-electron chi connectivity index (χ1n) is 8.11. The van der Waals surface area contributed by atoms with Gasteiger partial charge in [-0.3, -0.25) is 4.90 Å². The molecule has 2 aromatic carbocycles. The molecule has 3 nitrogen and oxygen atoms in total. The molecule has 1 N–H and O–H groups in total. The summed E-state index contributed by atoms with van der Waals surface area (Å²) in [7, 11) is 0. The number of benzene rings is 2. The quantitative estimate of drug-likeness (QED) is 0.918. The van der Waals surface area contributed by atoms with E-state index in [1.165, 1.54) is 0 Å². The Morgan fingerprint density at radius 2 is 1.83 bits per heavy atom. The minimum absolute atomic E-state index is 0.272. The van der Waals surface area contributed by atoms with Crippen LogP contribution in [0.2, 0.25) is 0 Å². The Kier molecular flexibility index (Phi) is 5.26. The molecule has 0 atom stereocenters. The topological polar surface area (TPSA) is 24.5 Å². The first-order chi connectivity index (χ1) is 11.2. The summed E-state index contributed by atoms with van der Waals surface area (Å²) in [5, 5.41) is 3.33. The van der Waals surface area contributed by atoms with Crippen LogP contribution in [0, 0.1) is 12.7 Å². The van der Waals surface area contributed by atoms with Gasteiger partial charge in [-0.2, -0.15) is 0 Å². The molecule has 4 heteroatoms. The molecule has 0 unspecified atom stereocenters. The largest absolute Gasteiger partial charge is 0.486 e. The van der Waals surface area contributed by atoms with Crippen molar-refractivity contribution in [1.82, 2.24) is 10.2 Å². The van der Waals surface area contributed by atoms with E-state index in [9.17, 15) is 4.39 Å². The van der Waals surface area contributed by atoms with Crippen molar-refractivity contribution in [3.8, 4) is 5.75 Å². The Hall–Kier alpha value is -1.91. The standard InChI is InChI=1S/C19H23FN2O/c1-15-11-17(13-22-9-7-21-8-10-22)12-18(20)19(15)23-14-16-5-3-2-4-6-16/h2-6,11-12,21H,7-10,13-14H2,1H3. The maximum absolute atomic E-state index is 14.4. The first-order valence-corrected chi connectivity index (χ1v) is 8.11. The molecule has 3 rings (SSSR count). The number of hydrogen-bond donors (Lipinski definition) is 1. The lowest BCUT2D eigenvalue weighted by molar-refractivity contribution is 0.232. The molecule has 0 bridgehead atoms. The Morgan fingerprint density at radius 1 is 1.09 bits per heavy atom. The lowest BCUT2D eigenvalue weighted by Crippen LogP contribution is -2.42. The number of nitrogens with zero attached hydrogens (tertiary/aromatic N) is 1. The predicted molar refractivity (Wildman–Crippen MR) is 90.1 cm³/mol. The number of rotatable bonds is 5. The van der Waals surface area contributed by atoms with Crippen LogP contribution < -0.4 is 10.1 Å². The van der Waals surface area contributed by atoms with Crippen LogP contribution in [0.3, 0.4) is 0 Å². The highest BCUT2D eigenvalue weighted by Crippen LogP contribution is 2.25. The Balaban J connectivity index is 1.67. The van der Waals surface area contributed by atoms with E-state index in [0.29, 0.717) is 12.4 Å². The Bertz CT molecular complexity index is 616. The minimum Gasteiger partial charge on any atom is -0.486 e. The van der Waals surface area contributed by atoms with Crippen LogP contribution in [0.4, 0.5) is 4.39 Å². The number of hydrogen-bond acceptors (Lipinski definition) is 3. The van der Waals surface area contributed by atoms with Gasteiger partial charge in [0.25, 0.3) is 0 Å². The third-order valence-corrected chi connectivity index (χ3v) is 4.13. The van der Waals surface area contributed by atoms with Gasteiger partial charge in [-0.25, -0.2) is 4.39 Å². The van der Waals surface area contributed by atoms with Gasteiger partial charge >= 0.3 is 0 Å². The molecule has 23 heavy (non-hydrogen) atoms. The smallest absolute Gasteiger partial charge is 0.165 e. The van der Waals surface area contributed by atoms with Crippen LogP contribution in [0.1, 0.15) is 16.7 Å². The summed E-state index contributed by atoms with van der Waals surface area (Å²) < 4.78 is 20.1. The molecule has 1 heterocycles. The fourth-order valence-electron chi connectivity index (χ4n) is 2.93. The summed E-state index contributed by atoms with van der Waals surface area (Å²) >= 11 is 0. The summed E-state index contributed by atoms with van der Waals surface area (Å²) in [6.07, 6.45) is 0. The molecule has 1 saturated heterocycles. The van der Waals surface area contributed by atoms with Crippen molar-refractivity contribution in [2.45, 2.75) is 20.1 Å². The van der Waals surface area contributed by atoms with E-state index in [-0.39, 0.29) is 5.82 Å². The van der Waals surface area contributed by atoms with Crippen molar-refractivity contribution in [3.63, 3.8) is 0 Å². The fourth-order valence-corrected chi connectivity index (χ4v) is 2.93.